The summed E-state index contributed by atoms with van der Waals surface area (Å²) in [6, 6.07) is 1.62. The maximum Gasteiger partial charge on any atom is 0.412 e. The average molecular weight is 282 g/mol. The first kappa shape index (κ1) is 15.7. The van der Waals surface area contributed by atoms with Gasteiger partial charge in [0.25, 0.3) is 0 Å². The molecule has 0 spiro atoms. The van der Waals surface area contributed by atoms with E-state index in [4.69, 9.17) is 14.6 Å². The van der Waals surface area contributed by atoms with E-state index in [2.05, 4.69) is 10.3 Å². The molecule has 2 N–H and O–H groups in total. The Morgan fingerprint density at radius 1 is 1.40 bits per heavy atom. The summed E-state index contributed by atoms with van der Waals surface area (Å²) < 4.78 is 10.1. The molecule has 0 aliphatic carbocycles. The largest absolute Gasteiger partial charge is 0.479 e. The number of aromatic nitrogens is 1. The predicted octanol–water partition coefficient (Wildman–Crippen LogP) is 2.20. The number of carboxylic acid groups (broad SMARTS) is 1. The van der Waals surface area contributed by atoms with Gasteiger partial charge in [0, 0.05) is 5.56 Å². The summed E-state index contributed by atoms with van der Waals surface area (Å²) in [6.07, 6.45) is 0.784. The number of aryl methyl sites for hydroxylation is 1. The summed E-state index contributed by atoms with van der Waals surface area (Å²) in [4.78, 5) is 25.9. The first-order valence-electron chi connectivity index (χ1n) is 5.98. The number of hydrogen-bond donors (Lipinski definition) is 2. The van der Waals surface area contributed by atoms with Crippen molar-refractivity contribution in [2.45, 2.75) is 33.3 Å². The Morgan fingerprint density at radius 3 is 2.55 bits per heavy atom. The highest BCUT2D eigenvalue weighted by atomic mass is 16.6. The van der Waals surface area contributed by atoms with Crippen LogP contribution in [-0.4, -0.2) is 34.4 Å². The topological polar surface area (TPSA) is 97.8 Å². The van der Waals surface area contributed by atoms with E-state index >= 15 is 0 Å². The van der Waals surface area contributed by atoms with Crippen LogP contribution in [-0.2, 0) is 9.53 Å². The highest BCUT2D eigenvalue weighted by Crippen LogP contribution is 2.19. The number of carboxylic acids is 1. The minimum Gasteiger partial charge on any atom is -0.479 e. The van der Waals surface area contributed by atoms with Gasteiger partial charge in [-0.25, -0.2) is 14.6 Å². The number of amides is 1. The first-order chi connectivity index (χ1) is 9.17. The van der Waals surface area contributed by atoms with Gasteiger partial charge in [-0.05, 0) is 33.8 Å². The summed E-state index contributed by atoms with van der Waals surface area (Å²) in [5, 5.41) is 11.1. The fourth-order valence-electron chi connectivity index (χ4n) is 1.33. The number of carbonyl (C=O) groups is 2. The number of nitrogens with one attached hydrogen (secondary N) is 1. The zero-order chi connectivity index (χ0) is 15.3. The molecule has 0 aromatic carbocycles. The highest BCUT2D eigenvalue weighted by molar-refractivity contribution is 5.84. The molecular formula is C13H18N2O5. The molecule has 0 atom stereocenters. The van der Waals surface area contributed by atoms with Gasteiger partial charge in [0.15, 0.2) is 6.61 Å². The summed E-state index contributed by atoms with van der Waals surface area (Å²) >= 11 is 0. The Kier molecular flexibility index (Phi) is 4.90. The summed E-state index contributed by atoms with van der Waals surface area (Å²) in [7, 11) is 0. The van der Waals surface area contributed by atoms with Crippen LogP contribution in [0.1, 0.15) is 26.3 Å². The van der Waals surface area contributed by atoms with Crippen LogP contribution in [0, 0.1) is 6.92 Å². The molecule has 20 heavy (non-hydrogen) atoms. The fraction of sp³-hybridized carbons (Fsp3) is 0.462. The van der Waals surface area contributed by atoms with Crippen LogP contribution in [0.15, 0.2) is 12.3 Å². The Hall–Kier alpha value is -2.31. The normalized spacial score (nSPS) is 10.8. The molecular weight excluding hydrogens is 264 g/mol. The average Bonchev–Trinajstić information content (AvgIpc) is 2.24. The molecule has 0 aliphatic heterocycles. The van der Waals surface area contributed by atoms with E-state index in [1.807, 2.05) is 0 Å². The number of aliphatic carboxylic acids is 1. The van der Waals surface area contributed by atoms with Gasteiger partial charge in [-0.3, -0.25) is 5.32 Å². The molecule has 1 aromatic heterocycles. The van der Waals surface area contributed by atoms with Gasteiger partial charge in [-0.15, -0.1) is 0 Å². The van der Waals surface area contributed by atoms with Gasteiger partial charge in [0.2, 0.25) is 5.88 Å². The van der Waals surface area contributed by atoms with Gasteiger partial charge in [0.05, 0.1) is 11.9 Å². The second kappa shape index (κ2) is 6.23. The minimum atomic E-state index is -1.08. The molecule has 0 unspecified atom stereocenters. The Morgan fingerprint density at radius 2 is 2.05 bits per heavy atom. The highest BCUT2D eigenvalue weighted by Gasteiger charge is 2.16. The molecule has 1 amide bonds. The predicted molar refractivity (Wildman–Crippen MR) is 72.0 cm³/mol. The van der Waals surface area contributed by atoms with Gasteiger partial charge in [0.1, 0.15) is 5.60 Å². The van der Waals surface area contributed by atoms with Crippen LogP contribution in [0.2, 0.25) is 0 Å². The van der Waals surface area contributed by atoms with E-state index in [0.29, 0.717) is 11.3 Å². The quantitative estimate of drug-likeness (QED) is 0.878. The first-order valence-corrected chi connectivity index (χ1v) is 5.98. The zero-order valence-corrected chi connectivity index (χ0v) is 11.9. The number of anilines is 1. The third-order valence-electron chi connectivity index (χ3n) is 2.01. The zero-order valence-electron chi connectivity index (χ0n) is 11.9. The lowest BCUT2D eigenvalue weighted by atomic mass is 10.2. The second-order valence-corrected chi connectivity index (χ2v) is 5.16. The minimum absolute atomic E-state index is 0.210. The number of nitrogens with zero attached hydrogens (tertiary/aromatic N) is 1. The van der Waals surface area contributed by atoms with Crippen molar-refractivity contribution in [3.8, 4) is 5.88 Å². The van der Waals surface area contributed by atoms with Crippen LogP contribution in [0.3, 0.4) is 0 Å². The van der Waals surface area contributed by atoms with Crippen LogP contribution >= 0.6 is 0 Å². The summed E-state index contributed by atoms with van der Waals surface area (Å²) in [6.45, 7) is 6.52. The molecule has 7 heteroatoms. The van der Waals surface area contributed by atoms with E-state index < -0.39 is 24.3 Å². The lowest BCUT2D eigenvalue weighted by Gasteiger charge is -2.19. The lowest BCUT2D eigenvalue weighted by molar-refractivity contribution is -0.139. The van der Waals surface area contributed by atoms with Crippen molar-refractivity contribution in [3.05, 3.63) is 17.8 Å². The van der Waals surface area contributed by atoms with E-state index in [1.165, 1.54) is 6.20 Å². The molecule has 0 bridgehead atoms. The van der Waals surface area contributed by atoms with E-state index in [0.717, 1.165) is 0 Å². The van der Waals surface area contributed by atoms with E-state index in [1.54, 1.807) is 33.8 Å². The maximum absolute atomic E-state index is 11.6. The third-order valence-corrected chi connectivity index (χ3v) is 2.01. The molecule has 1 heterocycles. The van der Waals surface area contributed by atoms with Crippen LogP contribution < -0.4 is 10.1 Å². The van der Waals surface area contributed by atoms with Gasteiger partial charge >= 0.3 is 12.1 Å². The molecule has 0 saturated carbocycles. The van der Waals surface area contributed by atoms with Crippen molar-refractivity contribution >= 4 is 17.7 Å². The monoisotopic (exact) mass is 282 g/mol. The lowest BCUT2D eigenvalue weighted by Crippen LogP contribution is -2.27. The van der Waals surface area contributed by atoms with Crippen LogP contribution in [0.25, 0.3) is 0 Å². The van der Waals surface area contributed by atoms with Crippen molar-refractivity contribution in [1.29, 1.82) is 0 Å². The smallest absolute Gasteiger partial charge is 0.412 e. The second-order valence-electron chi connectivity index (χ2n) is 5.16. The summed E-state index contributed by atoms with van der Waals surface area (Å²) in [5.41, 5.74) is 0.469. The van der Waals surface area contributed by atoms with Gasteiger partial charge in [-0.2, -0.15) is 0 Å². The van der Waals surface area contributed by atoms with E-state index in [9.17, 15) is 9.59 Å². The standard InChI is InChI=1S/C13H18N2O5/c1-8-5-9(15-12(18)20-13(2,3)4)6-14-11(8)19-7-10(16)17/h5-6H,7H2,1-4H3,(H,15,18)(H,16,17). The Labute approximate surface area is 116 Å². The number of pyridine rings is 1. The molecule has 0 fully saturated rings. The molecule has 1 aromatic rings. The van der Waals surface area contributed by atoms with Crippen molar-refractivity contribution < 1.29 is 24.2 Å². The van der Waals surface area contributed by atoms with Crippen LogP contribution in [0.4, 0.5) is 10.5 Å². The van der Waals surface area contributed by atoms with Crippen molar-refractivity contribution in [3.63, 3.8) is 0 Å². The SMILES string of the molecule is Cc1cc(NC(=O)OC(C)(C)C)cnc1OCC(=O)O. The molecule has 1 rings (SSSR count). The van der Waals surface area contributed by atoms with Crippen molar-refractivity contribution in [1.82, 2.24) is 4.98 Å². The van der Waals surface area contributed by atoms with Crippen molar-refractivity contribution in [2.75, 3.05) is 11.9 Å². The number of rotatable bonds is 4. The molecule has 7 nitrogen and oxygen atoms in total. The molecule has 0 saturated heterocycles. The third kappa shape index (κ3) is 5.55. The van der Waals surface area contributed by atoms with Gasteiger partial charge < -0.3 is 14.6 Å². The fourth-order valence-corrected chi connectivity index (χ4v) is 1.33. The Balaban J connectivity index is 2.67. The number of hydrogen-bond acceptors (Lipinski definition) is 5. The van der Waals surface area contributed by atoms with E-state index in [-0.39, 0.29) is 5.88 Å². The maximum atomic E-state index is 11.6. The van der Waals surface area contributed by atoms with Crippen LogP contribution in [0.5, 0.6) is 5.88 Å². The summed E-state index contributed by atoms with van der Waals surface area (Å²) in [5.74, 6) is -0.871. The van der Waals surface area contributed by atoms with Crippen molar-refractivity contribution in [2.24, 2.45) is 0 Å². The molecule has 0 aliphatic rings. The van der Waals surface area contributed by atoms with Gasteiger partial charge in [-0.1, -0.05) is 0 Å². The Bertz CT molecular complexity index is 508. The number of ether oxygens (including phenoxy) is 2. The molecule has 0 radical (unpaired) electrons. The molecule has 110 valence electrons. The number of carbonyl (C=O) groups excluding carboxylic acids is 1.